The molecule has 70 valence electrons. The number of aromatic nitrogens is 2. The van der Waals surface area contributed by atoms with Crippen LogP contribution in [0.4, 0.5) is 0 Å². The zero-order valence-corrected chi connectivity index (χ0v) is 7.26. The SMILES string of the molecule is O=CCC(O)c1cncn1C1CC1. The molecule has 4 nitrogen and oxygen atoms in total. The molecule has 0 bridgehead atoms. The maximum absolute atomic E-state index is 10.2. The van der Waals surface area contributed by atoms with Gasteiger partial charge in [0.25, 0.3) is 0 Å². The van der Waals surface area contributed by atoms with E-state index < -0.39 is 6.10 Å². The van der Waals surface area contributed by atoms with Gasteiger partial charge >= 0.3 is 0 Å². The van der Waals surface area contributed by atoms with Crippen molar-refractivity contribution in [2.75, 3.05) is 0 Å². The van der Waals surface area contributed by atoms with Gasteiger partial charge in [-0.3, -0.25) is 0 Å². The minimum absolute atomic E-state index is 0.151. The minimum atomic E-state index is -0.694. The first-order valence-electron chi connectivity index (χ1n) is 4.46. The standard InChI is InChI=1S/C9H12N2O2/c12-4-3-9(13)8-5-10-6-11(8)7-1-2-7/h4-7,9,13H,1-3H2. The number of imidazole rings is 1. The van der Waals surface area contributed by atoms with Crippen molar-refractivity contribution in [2.24, 2.45) is 0 Å². The van der Waals surface area contributed by atoms with E-state index in [1.54, 1.807) is 12.5 Å². The monoisotopic (exact) mass is 180 g/mol. The maximum Gasteiger partial charge on any atom is 0.122 e. The van der Waals surface area contributed by atoms with Crippen LogP contribution in [0.2, 0.25) is 0 Å². The molecular weight excluding hydrogens is 168 g/mol. The van der Waals surface area contributed by atoms with Crippen molar-refractivity contribution in [2.45, 2.75) is 31.4 Å². The molecule has 1 atom stereocenters. The molecule has 0 amide bonds. The molecule has 0 aromatic carbocycles. The van der Waals surface area contributed by atoms with Crippen LogP contribution in [-0.4, -0.2) is 20.9 Å². The van der Waals surface area contributed by atoms with Crippen LogP contribution in [0.15, 0.2) is 12.5 Å². The predicted molar refractivity (Wildman–Crippen MR) is 46.1 cm³/mol. The van der Waals surface area contributed by atoms with E-state index in [1.165, 1.54) is 0 Å². The molecular formula is C9H12N2O2. The first-order chi connectivity index (χ1) is 6.33. The van der Waals surface area contributed by atoms with E-state index in [-0.39, 0.29) is 6.42 Å². The Morgan fingerprint density at radius 3 is 3.15 bits per heavy atom. The average molecular weight is 180 g/mol. The summed E-state index contributed by atoms with van der Waals surface area (Å²) in [6, 6.07) is 0.499. The fourth-order valence-electron chi connectivity index (χ4n) is 1.44. The van der Waals surface area contributed by atoms with E-state index in [1.807, 2.05) is 4.57 Å². The first-order valence-corrected chi connectivity index (χ1v) is 4.46. The Bertz CT molecular complexity index is 304. The van der Waals surface area contributed by atoms with E-state index in [0.717, 1.165) is 24.8 Å². The Kier molecular flexibility index (Phi) is 2.14. The highest BCUT2D eigenvalue weighted by Gasteiger charge is 2.27. The molecule has 1 saturated carbocycles. The van der Waals surface area contributed by atoms with Crippen molar-refractivity contribution in [3.8, 4) is 0 Å². The molecule has 1 N–H and O–H groups in total. The quantitative estimate of drug-likeness (QED) is 0.698. The topological polar surface area (TPSA) is 55.1 Å². The summed E-state index contributed by atoms with van der Waals surface area (Å²) in [4.78, 5) is 14.2. The van der Waals surface area contributed by atoms with Crippen molar-refractivity contribution in [3.05, 3.63) is 18.2 Å². The van der Waals surface area contributed by atoms with Crippen LogP contribution in [0.5, 0.6) is 0 Å². The summed E-state index contributed by atoms with van der Waals surface area (Å²) in [5.41, 5.74) is 0.759. The normalized spacial score (nSPS) is 18.5. The van der Waals surface area contributed by atoms with E-state index in [0.29, 0.717) is 6.04 Å². The second-order valence-electron chi connectivity index (χ2n) is 3.38. The molecule has 2 rings (SSSR count). The Labute approximate surface area is 76.2 Å². The number of carbonyl (C=O) groups excluding carboxylic acids is 1. The second kappa shape index (κ2) is 3.30. The maximum atomic E-state index is 10.2. The third kappa shape index (κ3) is 1.62. The van der Waals surface area contributed by atoms with Gasteiger partial charge in [-0.25, -0.2) is 4.98 Å². The second-order valence-corrected chi connectivity index (χ2v) is 3.38. The van der Waals surface area contributed by atoms with Crippen molar-refractivity contribution >= 4 is 6.29 Å². The summed E-state index contributed by atoms with van der Waals surface area (Å²) in [6.45, 7) is 0. The molecule has 13 heavy (non-hydrogen) atoms. The molecule has 1 heterocycles. The van der Waals surface area contributed by atoms with Gasteiger partial charge in [-0.1, -0.05) is 0 Å². The number of hydrogen-bond donors (Lipinski definition) is 1. The van der Waals surface area contributed by atoms with E-state index in [2.05, 4.69) is 4.98 Å². The molecule has 1 aromatic heterocycles. The van der Waals surface area contributed by atoms with Gasteiger partial charge in [0, 0.05) is 12.5 Å². The lowest BCUT2D eigenvalue weighted by atomic mass is 10.2. The number of hydrogen-bond acceptors (Lipinski definition) is 3. The van der Waals surface area contributed by atoms with E-state index in [4.69, 9.17) is 0 Å². The molecule has 1 fully saturated rings. The van der Waals surface area contributed by atoms with Crippen LogP contribution < -0.4 is 0 Å². The Balaban J connectivity index is 2.17. The van der Waals surface area contributed by atoms with Crippen LogP contribution in [-0.2, 0) is 4.79 Å². The number of aliphatic hydroxyl groups is 1. The summed E-state index contributed by atoms with van der Waals surface area (Å²) >= 11 is 0. The fraction of sp³-hybridized carbons (Fsp3) is 0.556. The summed E-state index contributed by atoms with van der Waals surface area (Å²) in [7, 11) is 0. The van der Waals surface area contributed by atoms with E-state index in [9.17, 15) is 9.90 Å². The summed E-state index contributed by atoms with van der Waals surface area (Å²) < 4.78 is 1.97. The zero-order valence-electron chi connectivity index (χ0n) is 7.26. The van der Waals surface area contributed by atoms with Crippen LogP contribution in [0, 0.1) is 0 Å². The molecule has 0 radical (unpaired) electrons. The van der Waals surface area contributed by atoms with Crippen LogP contribution >= 0.6 is 0 Å². The van der Waals surface area contributed by atoms with Gasteiger partial charge in [0.05, 0.1) is 18.2 Å². The third-order valence-electron chi connectivity index (χ3n) is 2.30. The summed E-state index contributed by atoms with van der Waals surface area (Å²) in [5.74, 6) is 0. The highest BCUT2D eigenvalue weighted by Crippen LogP contribution is 2.37. The first kappa shape index (κ1) is 8.44. The minimum Gasteiger partial charge on any atom is -0.386 e. The summed E-state index contributed by atoms with van der Waals surface area (Å²) in [5, 5.41) is 9.57. The van der Waals surface area contributed by atoms with Gasteiger partial charge in [-0.05, 0) is 12.8 Å². The van der Waals surface area contributed by atoms with Crippen LogP contribution in [0.3, 0.4) is 0 Å². The van der Waals surface area contributed by atoms with Crippen molar-refractivity contribution < 1.29 is 9.90 Å². The largest absolute Gasteiger partial charge is 0.386 e. The lowest BCUT2D eigenvalue weighted by molar-refractivity contribution is -0.109. The van der Waals surface area contributed by atoms with Gasteiger partial charge in [-0.2, -0.15) is 0 Å². The molecule has 4 heteroatoms. The van der Waals surface area contributed by atoms with Gasteiger partial charge in [0.1, 0.15) is 12.4 Å². The van der Waals surface area contributed by atoms with E-state index >= 15 is 0 Å². The Morgan fingerprint density at radius 1 is 1.77 bits per heavy atom. The highest BCUT2D eigenvalue weighted by atomic mass is 16.3. The Hall–Kier alpha value is -1.16. The predicted octanol–water partition coefficient (Wildman–Crippen LogP) is 0.840. The number of carbonyl (C=O) groups is 1. The molecule has 0 spiro atoms. The molecule has 1 aromatic rings. The fourth-order valence-corrected chi connectivity index (χ4v) is 1.44. The third-order valence-corrected chi connectivity index (χ3v) is 2.30. The van der Waals surface area contributed by atoms with Gasteiger partial charge in [0.2, 0.25) is 0 Å². The summed E-state index contributed by atoms with van der Waals surface area (Å²) in [6.07, 6.45) is 5.84. The highest BCUT2D eigenvalue weighted by molar-refractivity contribution is 5.50. The Morgan fingerprint density at radius 2 is 2.54 bits per heavy atom. The lowest BCUT2D eigenvalue weighted by Gasteiger charge is -2.10. The van der Waals surface area contributed by atoms with Crippen LogP contribution in [0.25, 0.3) is 0 Å². The molecule has 1 unspecified atom stereocenters. The molecule has 0 aliphatic heterocycles. The van der Waals surface area contributed by atoms with Crippen LogP contribution in [0.1, 0.15) is 37.1 Å². The van der Waals surface area contributed by atoms with Gasteiger partial charge in [0.15, 0.2) is 0 Å². The number of rotatable bonds is 4. The van der Waals surface area contributed by atoms with Gasteiger partial charge < -0.3 is 14.5 Å². The zero-order chi connectivity index (χ0) is 9.26. The lowest BCUT2D eigenvalue weighted by Crippen LogP contribution is -2.05. The number of aldehydes is 1. The van der Waals surface area contributed by atoms with Gasteiger partial charge in [-0.15, -0.1) is 0 Å². The number of aliphatic hydroxyl groups excluding tert-OH is 1. The van der Waals surface area contributed by atoms with Crippen molar-refractivity contribution in [3.63, 3.8) is 0 Å². The molecule has 1 aliphatic rings. The average Bonchev–Trinajstić information content (AvgIpc) is 2.84. The molecule has 1 aliphatic carbocycles. The number of nitrogens with zero attached hydrogens (tertiary/aromatic N) is 2. The molecule has 0 saturated heterocycles. The smallest absolute Gasteiger partial charge is 0.122 e. The van der Waals surface area contributed by atoms with Crippen molar-refractivity contribution in [1.29, 1.82) is 0 Å². The van der Waals surface area contributed by atoms with Crippen molar-refractivity contribution in [1.82, 2.24) is 9.55 Å².